The normalized spacial score (nSPS) is 24.5. The zero-order chi connectivity index (χ0) is 14.1. The molecule has 116 valence electrons. The molecule has 3 rings (SSSR count). The molecule has 0 radical (unpaired) electrons. The molecule has 1 aromatic heterocycles. The lowest BCUT2D eigenvalue weighted by atomic mass is 9.98. The Morgan fingerprint density at radius 1 is 1.38 bits per heavy atom. The summed E-state index contributed by atoms with van der Waals surface area (Å²) in [5, 5.41) is 6.25. The lowest BCUT2D eigenvalue weighted by molar-refractivity contribution is -0.126. The van der Waals surface area contributed by atoms with E-state index in [-0.39, 0.29) is 36.2 Å². The van der Waals surface area contributed by atoms with Crippen LogP contribution in [0.1, 0.15) is 29.8 Å². The molecule has 1 aliphatic heterocycles. The number of nitrogens with zero attached hydrogens (tertiary/aromatic N) is 1. The number of carbonyl (C=O) groups is 2. The molecular weight excluding hydrogens is 312 g/mol. The summed E-state index contributed by atoms with van der Waals surface area (Å²) in [7, 11) is 0. The molecule has 0 bridgehead atoms. The highest BCUT2D eigenvalue weighted by molar-refractivity contribution is 7.15. The molecule has 4 N–H and O–H groups in total. The number of amides is 2. The molecule has 21 heavy (non-hydrogen) atoms. The minimum atomic E-state index is -0.157. The number of nitrogens with one attached hydrogen (secondary N) is 2. The monoisotopic (exact) mass is 330 g/mol. The number of halogens is 1. The molecule has 0 saturated carbocycles. The Kier molecular flexibility index (Phi) is 5.18. The van der Waals surface area contributed by atoms with E-state index in [4.69, 9.17) is 5.73 Å². The Hall–Kier alpha value is -1.18. The minimum Gasteiger partial charge on any atom is -0.355 e. The van der Waals surface area contributed by atoms with E-state index >= 15 is 0 Å². The average Bonchev–Trinajstić information content (AvgIpc) is 2.80. The van der Waals surface area contributed by atoms with Gasteiger partial charge >= 0.3 is 0 Å². The Labute approximate surface area is 133 Å². The highest BCUT2D eigenvalue weighted by Crippen LogP contribution is 2.29. The zero-order valence-corrected chi connectivity index (χ0v) is 13.2. The molecule has 1 unspecified atom stereocenters. The number of nitrogens with two attached hydrogens (primary N) is 1. The number of thiazole rings is 1. The van der Waals surface area contributed by atoms with Crippen LogP contribution < -0.4 is 16.4 Å². The van der Waals surface area contributed by atoms with Gasteiger partial charge in [0, 0.05) is 23.9 Å². The maximum Gasteiger partial charge on any atom is 0.231 e. The standard InChI is InChI=1S/C13H18N4O2S.ClH/c14-8-2-3-9-10(5-8)20-13(16-9)17-12(19)7-1-4-11(18)15-6-7;/h7-8H,1-6,14H2,(H,15,18)(H,16,17,19);1H/t7?,8-;/m0./s1. The van der Waals surface area contributed by atoms with Crippen molar-refractivity contribution >= 4 is 40.7 Å². The molecule has 2 atom stereocenters. The number of hydrogen-bond donors (Lipinski definition) is 3. The second-order valence-electron chi connectivity index (χ2n) is 5.42. The van der Waals surface area contributed by atoms with Crippen molar-refractivity contribution in [2.45, 2.75) is 38.1 Å². The third kappa shape index (κ3) is 3.72. The number of carbonyl (C=O) groups excluding carboxylic acids is 2. The smallest absolute Gasteiger partial charge is 0.231 e. The fourth-order valence-corrected chi connectivity index (χ4v) is 3.72. The van der Waals surface area contributed by atoms with Crippen LogP contribution in [0.2, 0.25) is 0 Å². The second-order valence-corrected chi connectivity index (χ2v) is 6.50. The van der Waals surface area contributed by atoms with E-state index in [1.807, 2.05) is 0 Å². The summed E-state index contributed by atoms with van der Waals surface area (Å²) in [6.45, 7) is 0.417. The van der Waals surface area contributed by atoms with Gasteiger partial charge in [-0.1, -0.05) is 0 Å². The van der Waals surface area contributed by atoms with Crippen LogP contribution in [0.15, 0.2) is 0 Å². The molecule has 1 aromatic rings. The molecule has 0 spiro atoms. The van der Waals surface area contributed by atoms with Gasteiger partial charge in [0.15, 0.2) is 5.13 Å². The zero-order valence-electron chi connectivity index (χ0n) is 11.6. The lowest BCUT2D eigenvalue weighted by Crippen LogP contribution is -2.40. The number of fused-ring (bicyclic) bond motifs is 1. The van der Waals surface area contributed by atoms with E-state index in [9.17, 15) is 9.59 Å². The molecular formula is C13H19ClN4O2S. The fourth-order valence-electron chi connectivity index (χ4n) is 2.62. The van der Waals surface area contributed by atoms with E-state index in [1.54, 1.807) is 0 Å². The molecule has 6 nitrogen and oxygen atoms in total. The van der Waals surface area contributed by atoms with Crippen LogP contribution in [-0.2, 0) is 22.4 Å². The Morgan fingerprint density at radius 2 is 2.19 bits per heavy atom. The largest absolute Gasteiger partial charge is 0.355 e. The van der Waals surface area contributed by atoms with Gasteiger partial charge in [-0.05, 0) is 25.7 Å². The Bertz CT molecular complexity index is 538. The Morgan fingerprint density at radius 3 is 2.90 bits per heavy atom. The summed E-state index contributed by atoms with van der Waals surface area (Å²) >= 11 is 1.52. The van der Waals surface area contributed by atoms with Crippen LogP contribution in [0, 0.1) is 5.92 Å². The van der Waals surface area contributed by atoms with Gasteiger partial charge in [-0.25, -0.2) is 4.98 Å². The summed E-state index contributed by atoms with van der Waals surface area (Å²) in [6, 6.07) is 0.208. The van der Waals surface area contributed by atoms with Crippen LogP contribution in [-0.4, -0.2) is 29.4 Å². The van der Waals surface area contributed by atoms with Crippen LogP contribution in [0.4, 0.5) is 5.13 Å². The third-order valence-electron chi connectivity index (χ3n) is 3.84. The first-order chi connectivity index (χ1) is 9.61. The van der Waals surface area contributed by atoms with Crippen LogP contribution in [0.25, 0.3) is 0 Å². The van der Waals surface area contributed by atoms with Gasteiger partial charge in [-0.15, -0.1) is 23.7 Å². The Balaban J connectivity index is 0.00000161. The number of anilines is 1. The van der Waals surface area contributed by atoms with Gasteiger partial charge in [0.2, 0.25) is 11.8 Å². The van der Waals surface area contributed by atoms with Crippen molar-refractivity contribution in [1.29, 1.82) is 0 Å². The van der Waals surface area contributed by atoms with E-state index < -0.39 is 0 Å². The number of hydrogen-bond acceptors (Lipinski definition) is 5. The molecule has 1 fully saturated rings. The molecule has 1 saturated heterocycles. The van der Waals surface area contributed by atoms with E-state index in [1.165, 1.54) is 16.2 Å². The highest BCUT2D eigenvalue weighted by atomic mass is 35.5. The molecule has 1 aliphatic carbocycles. The maximum absolute atomic E-state index is 12.1. The lowest BCUT2D eigenvalue weighted by Gasteiger charge is -2.20. The molecule has 0 aromatic carbocycles. The van der Waals surface area contributed by atoms with Gasteiger partial charge in [0.05, 0.1) is 11.6 Å². The van der Waals surface area contributed by atoms with E-state index in [0.717, 1.165) is 25.0 Å². The first kappa shape index (κ1) is 16.2. The topological polar surface area (TPSA) is 97.1 Å². The quantitative estimate of drug-likeness (QED) is 0.748. The summed E-state index contributed by atoms with van der Waals surface area (Å²) in [5.74, 6) is -0.191. The van der Waals surface area contributed by atoms with Crippen molar-refractivity contribution in [2.75, 3.05) is 11.9 Å². The van der Waals surface area contributed by atoms with Crippen molar-refractivity contribution < 1.29 is 9.59 Å². The predicted octanol–water partition coefficient (Wildman–Crippen LogP) is 0.846. The van der Waals surface area contributed by atoms with E-state index in [0.29, 0.717) is 24.5 Å². The van der Waals surface area contributed by atoms with Crippen molar-refractivity contribution in [1.82, 2.24) is 10.3 Å². The van der Waals surface area contributed by atoms with Gasteiger partial charge in [0.25, 0.3) is 0 Å². The summed E-state index contributed by atoms with van der Waals surface area (Å²) in [4.78, 5) is 28.9. The summed E-state index contributed by atoms with van der Waals surface area (Å²) in [6.07, 6.45) is 3.72. The van der Waals surface area contributed by atoms with Crippen molar-refractivity contribution in [3.05, 3.63) is 10.6 Å². The van der Waals surface area contributed by atoms with Crippen molar-refractivity contribution in [3.63, 3.8) is 0 Å². The highest BCUT2D eigenvalue weighted by Gasteiger charge is 2.26. The molecule has 8 heteroatoms. The van der Waals surface area contributed by atoms with Gasteiger partial charge in [-0.3, -0.25) is 9.59 Å². The number of aryl methyl sites for hydroxylation is 1. The van der Waals surface area contributed by atoms with Crippen molar-refractivity contribution in [2.24, 2.45) is 11.7 Å². The fraction of sp³-hybridized carbons (Fsp3) is 0.615. The SMILES string of the molecule is Cl.N[C@H]1CCc2nc(NC(=O)C3CCC(=O)NC3)sc2C1. The molecule has 2 amide bonds. The minimum absolute atomic E-state index is 0. The third-order valence-corrected chi connectivity index (χ3v) is 4.88. The van der Waals surface area contributed by atoms with E-state index in [2.05, 4.69) is 15.6 Å². The predicted molar refractivity (Wildman–Crippen MR) is 83.7 cm³/mol. The van der Waals surface area contributed by atoms with Crippen LogP contribution in [0.3, 0.4) is 0 Å². The first-order valence-corrected chi connectivity index (χ1v) is 7.75. The maximum atomic E-state index is 12.1. The van der Waals surface area contributed by atoms with Gasteiger partial charge < -0.3 is 16.4 Å². The number of piperidine rings is 1. The van der Waals surface area contributed by atoms with Gasteiger partial charge in [0.1, 0.15) is 0 Å². The van der Waals surface area contributed by atoms with Crippen molar-refractivity contribution in [3.8, 4) is 0 Å². The van der Waals surface area contributed by atoms with Crippen LogP contribution >= 0.6 is 23.7 Å². The summed E-state index contributed by atoms with van der Waals surface area (Å²) < 4.78 is 0. The van der Waals surface area contributed by atoms with Gasteiger partial charge in [-0.2, -0.15) is 0 Å². The summed E-state index contributed by atoms with van der Waals surface area (Å²) in [5.41, 5.74) is 7.01. The molecule has 2 aliphatic rings. The number of rotatable bonds is 2. The average molecular weight is 331 g/mol. The molecule has 2 heterocycles. The second kappa shape index (κ2) is 6.72. The van der Waals surface area contributed by atoms with Crippen LogP contribution in [0.5, 0.6) is 0 Å². The number of aromatic nitrogens is 1. The first-order valence-electron chi connectivity index (χ1n) is 6.93.